The molecule has 0 fully saturated rings. The van der Waals surface area contributed by atoms with Gasteiger partial charge in [0, 0.05) is 0 Å². The van der Waals surface area contributed by atoms with Gasteiger partial charge in [-0.15, -0.1) is 0 Å². The monoisotopic (exact) mass is 214 g/mol. The molecular formula is C11H18O4. The van der Waals surface area contributed by atoms with Crippen LogP contribution in [-0.4, -0.2) is 18.5 Å². The number of rotatable bonds is 3. The van der Waals surface area contributed by atoms with Gasteiger partial charge in [0.2, 0.25) is 0 Å². The predicted octanol–water partition coefficient (Wildman–Crippen LogP) is 2.04. The van der Waals surface area contributed by atoms with Crippen molar-refractivity contribution in [1.29, 1.82) is 0 Å². The third-order valence-corrected chi connectivity index (χ3v) is 1.47. The first-order valence-corrected chi connectivity index (χ1v) is 4.84. The van der Waals surface area contributed by atoms with E-state index in [2.05, 4.69) is 4.74 Å². The van der Waals surface area contributed by atoms with Gasteiger partial charge in [-0.05, 0) is 34.6 Å². The first kappa shape index (κ1) is 13.7. The first-order valence-electron chi connectivity index (χ1n) is 4.84. The second-order valence-corrected chi connectivity index (χ2v) is 4.15. The van der Waals surface area contributed by atoms with Gasteiger partial charge in [0.1, 0.15) is 5.76 Å². The second kappa shape index (κ2) is 5.53. The summed E-state index contributed by atoms with van der Waals surface area (Å²) in [6.45, 7) is 8.78. The predicted molar refractivity (Wildman–Crippen MR) is 55.9 cm³/mol. The molecule has 0 saturated carbocycles. The van der Waals surface area contributed by atoms with Crippen molar-refractivity contribution in [2.75, 3.05) is 6.61 Å². The Balaban J connectivity index is 4.31. The second-order valence-electron chi connectivity index (χ2n) is 4.15. The van der Waals surface area contributed by atoms with Crippen LogP contribution in [0.5, 0.6) is 0 Å². The Morgan fingerprint density at radius 2 is 1.80 bits per heavy atom. The molecule has 0 aromatic rings. The summed E-state index contributed by atoms with van der Waals surface area (Å²) in [7, 11) is 0. The third-order valence-electron chi connectivity index (χ3n) is 1.47. The number of carbonyl (C=O) groups excluding carboxylic acids is 2. The van der Waals surface area contributed by atoms with Gasteiger partial charge in [0.15, 0.2) is 0 Å². The van der Waals surface area contributed by atoms with E-state index in [0.717, 1.165) is 6.08 Å². The average Bonchev–Trinajstić information content (AvgIpc) is 2.01. The van der Waals surface area contributed by atoms with E-state index in [-0.39, 0.29) is 11.7 Å². The Labute approximate surface area is 90.2 Å². The topological polar surface area (TPSA) is 52.6 Å². The molecule has 0 radical (unpaired) electrons. The summed E-state index contributed by atoms with van der Waals surface area (Å²) in [4.78, 5) is 22.4. The van der Waals surface area contributed by atoms with Crippen LogP contribution in [-0.2, 0) is 19.1 Å². The van der Waals surface area contributed by atoms with Gasteiger partial charge < -0.3 is 9.47 Å². The zero-order valence-electron chi connectivity index (χ0n) is 9.92. The van der Waals surface area contributed by atoms with Crippen molar-refractivity contribution in [3.63, 3.8) is 0 Å². The zero-order chi connectivity index (χ0) is 12.1. The van der Waals surface area contributed by atoms with Crippen LogP contribution in [0.25, 0.3) is 0 Å². The van der Waals surface area contributed by atoms with Gasteiger partial charge in [0.05, 0.1) is 18.1 Å². The lowest BCUT2D eigenvalue weighted by Crippen LogP contribution is -2.22. The number of hydrogen-bond acceptors (Lipinski definition) is 4. The molecule has 0 aliphatic rings. The highest BCUT2D eigenvalue weighted by molar-refractivity contribution is 5.83. The quantitative estimate of drug-likeness (QED) is 0.410. The molecule has 4 nitrogen and oxygen atoms in total. The zero-order valence-corrected chi connectivity index (χ0v) is 9.92. The maximum absolute atomic E-state index is 11.4. The van der Waals surface area contributed by atoms with Crippen LogP contribution >= 0.6 is 0 Å². The minimum atomic E-state index is -0.580. The number of hydrogen-bond donors (Lipinski definition) is 0. The van der Waals surface area contributed by atoms with Crippen molar-refractivity contribution in [3.05, 3.63) is 11.8 Å². The molecule has 0 saturated heterocycles. The van der Waals surface area contributed by atoms with Crippen LogP contribution in [0.4, 0.5) is 0 Å². The molecule has 0 unspecified atom stereocenters. The van der Waals surface area contributed by atoms with Gasteiger partial charge in [-0.1, -0.05) is 0 Å². The molecular weight excluding hydrogens is 196 g/mol. The van der Waals surface area contributed by atoms with Crippen LogP contribution in [0.1, 0.15) is 34.6 Å². The van der Waals surface area contributed by atoms with E-state index >= 15 is 0 Å². The van der Waals surface area contributed by atoms with Crippen LogP contribution in [0, 0.1) is 5.41 Å². The Bertz CT molecular complexity index is 271. The van der Waals surface area contributed by atoms with Crippen molar-refractivity contribution in [2.45, 2.75) is 34.6 Å². The number of allylic oxidation sites excluding steroid dienone is 1. The summed E-state index contributed by atoms with van der Waals surface area (Å²) in [5.41, 5.74) is -0.580. The van der Waals surface area contributed by atoms with Gasteiger partial charge in [-0.2, -0.15) is 0 Å². The number of ether oxygens (including phenoxy) is 2. The van der Waals surface area contributed by atoms with Crippen LogP contribution < -0.4 is 0 Å². The molecule has 0 amide bonds. The Kier molecular flexibility index (Phi) is 5.05. The van der Waals surface area contributed by atoms with Crippen molar-refractivity contribution >= 4 is 11.9 Å². The highest BCUT2D eigenvalue weighted by Gasteiger charge is 2.23. The van der Waals surface area contributed by atoms with Gasteiger partial charge in [-0.3, -0.25) is 4.79 Å². The lowest BCUT2D eigenvalue weighted by Gasteiger charge is -2.16. The lowest BCUT2D eigenvalue weighted by molar-refractivity contribution is -0.148. The first-order chi connectivity index (χ1) is 6.77. The summed E-state index contributed by atoms with van der Waals surface area (Å²) < 4.78 is 9.63. The van der Waals surface area contributed by atoms with E-state index in [1.165, 1.54) is 0 Å². The average molecular weight is 214 g/mol. The summed E-state index contributed by atoms with van der Waals surface area (Å²) in [6.07, 6.45) is 1.16. The summed E-state index contributed by atoms with van der Waals surface area (Å²) in [5.74, 6) is -0.634. The molecule has 4 heteroatoms. The molecule has 0 bridgehead atoms. The number of esters is 2. The van der Waals surface area contributed by atoms with Gasteiger partial charge in [0.25, 0.3) is 0 Å². The fraction of sp³-hybridized carbons (Fsp3) is 0.636. The van der Waals surface area contributed by atoms with Crippen molar-refractivity contribution in [3.8, 4) is 0 Å². The number of carbonyl (C=O) groups is 2. The summed E-state index contributed by atoms with van der Waals surface area (Å²) >= 11 is 0. The van der Waals surface area contributed by atoms with E-state index in [4.69, 9.17) is 4.74 Å². The fourth-order valence-corrected chi connectivity index (χ4v) is 0.679. The minimum absolute atomic E-state index is 0.244. The maximum atomic E-state index is 11.4. The Hall–Kier alpha value is -1.32. The molecule has 0 heterocycles. The smallest absolute Gasteiger partial charge is 0.334 e. The van der Waals surface area contributed by atoms with E-state index in [1.54, 1.807) is 34.6 Å². The van der Waals surface area contributed by atoms with E-state index in [0.29, 0.717) is 6.61 Å². The van der Waals surface area contributed by atoms with Crippen molar-refractivity contribution in [1.82, 2.24) is 0 Å². The van der Waals surface area contributed by atoms with Gasteiger partial charge >= 0.3 is 11.9 Å². The molecule has 86 valence electrons. The lowest BCUT2D eigenvalue weighted by atomic mass is 9.97. The molecule has 0 N–H and O–H groups in total. The molecule has 0 aliphatic carbocycles. The van der Waals surface area contributed by atoms with Crippen molar-refractivity contribution < 1.29 is 19.1 Å². The maximum Gasteiger partial charge on any atom is 0.334 e. The third kappa shape index (κ3) is 5.88. The van der Waals surface area contributed by atoms with E-state index in [1.807, 2.05) is 0 Å². The SMILES string of the molecule is CCOC(=O)/C=C(/C)OC(=O)C(C)(C)C. The highest BCUT2D eigenvalue weighted by atomic mass is 16.5. The molecule has 0 aliphatic heterocycles. The largest absolute Gasteiger partial charge is 0.463 e. The van der Waals surface area contributed by atoms with E-state index < -0.39 is 11.4 Å². The fourth-order valence-electron chi connectivity index (χ4n) is 0.679. The Morgan fingerprint density at radius 3 is 2.20 bits per heavy atom. The molecule has 15 heavy (non-hydrogen) atoms. The van der Waals surface area contributed by atoms with Crippen molar-refractivity contribution in [2.24, 2.45) is 5.41 Å². The normalized spacial score (nSPS) is 12.2. The van der Waals surface area contributed by atoms with Crippen LogP contribution in [0.3, 0.4) is 0 Å². The van der Waals surface area contributed by atoms with Crippen LogP contribution in [0.2, 0.25) is 0 Å². The molecule has 0 rings (SSSR count). The molecule has 0 spiro atoms. The minimum Gasteiger partial charge on any atom is -0.463 e. The summed E-state index contributed by atoms with van der Waals surface area (Å²) in [5, 5.41) is 0. The molecule has 0 aromatic carbocycles. The summed E-state index contributed by atoms with van der Waals surface area (Å²) in [6, 6.07) is 0. The highest BCUT2D eigenvalue weighted by Crippen LogP contribution is 2.17. The standard InChI is InChI=1S/C11H18O4/c1-6-14-9(12)7-8(2)15-10(13)11(3,4)5/h7H,6H2,1-5H3/b8-7-. The van der Waals surface area contributed by atoms with Crippen LogP contribution in [0.15, 0.2) is 11.8 Å². The Morgan fingerprint density at radius 1 is 1.27 bits per heavy atom. The van der Waals surface area contributed by atoms with E-state index in [9.17, 15) is 9.59 Å². The van der Waals surface area contributed by atoms with Gasteiger partial charge in [-0.25, -0.2) is 4.79 Å². The molecule has 0 atom stereocenters. The molecule has 0 aromatic heterocycles.